The van der Waals surface area contributed by atoms with E-state index in [0.717, 1.165) is 85.1 Å². The van der Waals surface area contributed by atoms with E-state index in [2.05, 4.69) is 173 Å². The van der Waals surface area contributed by atoms with Crippen molar-refractivity contribution in [2.24, 2.45) is 0 Å². The maximum absolute atomic E-state index is 5.62. The van der Waals surface area contributed by atoms with Crippen LogP contribution in [0.2, 0.25) is 0 Å². The molecule has 0 saturated heterocycles. The molecule has 106 heavy (non-hydrogen) atoms. The summed E-state index contributed by atoms with van der Waals surface area (Å²) in [5, 5.41) is 15.3. The monoisotopic (exact) mass is 1550 g/mol. The first-order valence-electron chi connectivity index (χ1n) is 33.8. The number of fused-ring (bicyclic) bond motifs is 6. The molecule has 0 saturated carbocycles. The zero-order valence-corrected chi connectivity index (χ0v) is 61.7. The normalized spacial score (nSPS) is 10.6. The molecule has 0 atom stereocenters. The molecule has 22 rings (SSSR count). The molecule has 516 valence electrons. The third kappa shape index (κ3) is 17.6. The number of para-hydroxylation sites is 1. The van der Waals surface area contributed by atoms with Crippen molar-refractivity contribution in [1.82, 2.24) is 0 Å². The van der Waals surface area contributed by atoms with E-state index < -0.39 is 0 Å². The van der Waals surface area contributed by atoms with Crippen LogP contribution in [0.25, 0.3) is 152 Å². The smallest absolute Gasteiger partial charge is 0.137 e. The zero-order chi connectivity index (χ0) is 71.3. The van der Waals surface area contributed by atoms with Gasteiger partial charge in [0, 0.05) is 32.2 Å². The second-order valence-electron chi connectivity index (χ2n) is 23.6. The van der Waals surface area contributed by atoms with Crippen molar-refractivity contribution in [2.45, 2.75) is 0 Å². The molecule has 0 fully saturated rings. The zero-order valence-electron chi connectivity index (χ0n) is 56.7. The number of rotatable bonds is 8. The summed E-state index contributed by atoms with van der Waals surface area (Å²) in [4.78, 5) is 5.59. The molecule has 0 bridgehead atoms. The molecule has 8 aromatic carbocycles. The summed E-state index contributed by atoms with van der Waals surface area (Å²) in [6.45, 7) is 0. The summed E-state index contributed by atoms with van der Waals surface area (Å²) in [5.41, 5.74) is 6.52. The van der Waals surface area contributed by atoms with E-state index in [4.69, 9.17) is 44.2 Å². The quantitative estimate of drug-likeness (QED) is 0.107. The molecule has 0 aliphatic rings. The summed E-state index contributed by atoms with van der Waals surface area (Å²) in [6.07, 6.45) is 16.8. The molecule has 14 heterocycles. The SMILES string of the molecule is c1coc(-c2cc3ccccc3[se]2)c1.c1coc(-c2cc3ccccc3o2)c1.c1coc(-c2cc3ccccc3s2)c1.c1coc(-c2cc[se]c2)c1.c1coc(-c2ccc3ccccc3c2)c1.c1coc(-c2cccc3cc4ccccc4cc23)c1.c1coc(-c2ccoc2)c1.c1coc(-c2ccsc2)c1. The minimum atomic E-state index is 0.411. The standard InChI is InChI=1S/C18H12O.C14H10O.C12H8O2.C12H8OS.C12H8OSe.C8H6O2.C8H6OS.C8H6OSe/c1-2-6-14-12-17-15(11-13(14)5-1)7-3-8-16(17)18-9-4-10-19-18;1-2-5-12-10-13(8-7-11(12)4-1)14-6-3-9-15-14;1-2-5-10-9(4-1)8-12(14-10)11-6-3-7-13-11;2*1-2-6-11-9(4-1)8-12(14-11)10-5-3-7-13-10;1-2-8(10-4-1)7-3-5-9-6-7;2*1-2-8(9-4-1)7-3-5-10-6-7/h1-12H;1-10H;3*1-8H;3*1-6H. The van der Waals surface area contributed by atoms with Gasteiger partial charge in [-0.1, -0.05) is 115 Å². The van der Waals surface area contributed by atoms with Gasteiger partial charge in [-0.05, 0) is 170 Å². The Morgan fingerprint density at radius 2 is 0.830 bits per heavy atom. The summed E-state index contributed by atoms with van der Waals surface area (Å²) in [7, 11) is 0. The largest absolute Gasteiger partial charge is 0.472 e. The summed E-state index contributed by atoms with van der Waals surface area (Å²) in [6, 6.07) is 102. The minimum Gasteiger partial charge on any atom is -0.472 e. The Bertz CT molecular complexity index is 5580. The van der Waals surface area contributed by atoms with E-state index in [1.54, 1.807) is 85.3 Å². The topological polar surface area (TPSA) is 131 Å². The van der Waals surface area contributed by atoms with Crippen LogP contribution < -0.4 is 0 Å². The molecule has 0 N–H and O–H groups in total. The Hall–Kier alpha value is -12.5. The summed E-state index contributed by atoms with van der Waals surface area (Å²) >= 11 is 4.41. The van der Waals surface area contributed by atoms with Crippen molar-refractivity contribution in [3.8, 4) is 89.0 Å². The summed E-state index contributed by atoms with van der Waals surface area (Å²) < 4.78 is 57.0. The van der Waals surface area contributed by atoms with Gasteiger partial charge >= 0.3 is 152 Å². The Morgan fingerprint density at radius 3 is 1.42 bits per heavy atom. The van der Waals surface area contributed by atoms with Gasteiger partial charge in [-0.2, -0.15) is 11.3 Å². The molecule has 0 amide bonds. The van der Waals surface area contributed by atoms with Crippen LogP contribution in [0.1, 0.15) is 0 Å². The van der Waals surface area contributed by atoms with E-state index in [0.29, 0.717) is 29.0 Å². The van der Waals surface area contributed by atoms with Crippen molar-refractivity contribution in [2.75, 3.05) is 0 Å². The van der Waals surface area contributed by atoms with E-state index in [-0.39, 0.29) is 0 Å². The number of hydrogen-bond donors (Lipinski definition) is 0. The van der Waals surface area contributed by atoms with E-state index in [9.17, 15) is 0 Å². The molecule has 0 spiro atoms. The first kappa shape index (κ1) is 69.2. The van der Waals surface area contributed by atoms with Gasteiger partial charge in [0.2, 0.25) is 0 Å². The van der Waals surface area contributed by atoms with Gasteiger partial charge in [0.1, 0.15) is 40.6 Å². The van der Waals surface area contributed by atoms with Crippen LogP contribution in [0.5, 0.6) is 0 Å². The number of hydrogen-bond acceptors (Lipinski definition) is 12. The van der Waals surface area contributed by atoms with Crippen LogP contribution in [-0.2, 0) is 0 Å². The Balaban J connectivity index is 0.0000000979. The molecule has 22 aromatic rings. The fraction of sp³-hybridized carbons (Fsp3) is 0. The van der Waals surface area contributed by atoms with E-state index in [1.807, 2.05) is 151 Å². The van der Waals surface area contributed by atoms with Gasteiger partial charge in [0.25, 0.3) is 0 Å². The Labute approximate surface area is 629 Å². The predicted molar refractivity (Wildman–Crippen MR) is 432 cm³/mol. The molecule has 0 aliphatic carbocycles. The van der Waals surface area contributed by atoms with Crippen LogP contribution in [-0.4, -0.2) is 29.0 Å². The Kier molecular flexibility index (Phi) is 22.6. The molecule has 0 unspecified atom stereocenters. The summed E-state index contributed by atoms with van der Waals surface area (Å²) in [5.74, 6) is 8.11. The molecule has 0 aliphatic heterocycles. The van der Waals surface area contributed by atoms with Crippen LogP contribution in [0.3, 0.4) is 0 Å². The van der Waals surface area contributed by atoms with Crippen LogP contribution >= 0.6 is 22.7 Å². The van der Waals surface area contributed by atoms with Crippen molar-refractivity contribution in [3.05, 3.63) is 387 Å². The van der Waals surface area contributed by atoms with Crippen LogP contribution in [0.15, 0.2) is 431 Å². The van der Waals surface area contributed by atoms with Gasteiger partial charge in [0.05, 0.1) is 54.3 Å². The van der Waals surface area contributed by atoms with Gasteiger partial charge in [-0.25, -0.2) is 0 Å². The maximum atomic E-state index is 5.62. The van der Waals surface area contributed by atoms with Gasteiger partial charge in [-0.15, -0.1) is 11.3 Å². The maximum Gasteiger partial charge on any atom is 0.137 e. The molecule has 14 aromatic heterocycles. The second kappa shape index (κ2) is 34.7. The number of furan rings is 10. The van der Waals surface area contributed by atoms with Crippen LogP contribution in [0, 0.1) is 0 Å². The van der Waals surface area contributed by atoms with E-state index >= 15 is 0 Å². The van der Waals surface area contributed by atoms with Gasteiger partial charge < -0.3 is 35.3 Å². The molecule has 0 radical (unpaired) electrons. The average molecular weight is 1550 g/mol. The Morgan fingerprint density at radius 1 is 0.292 bits per heavy atom. The van der Waals surface area contributed by atoms with Crippen molar-refractivity contribution < 1.29 is 44.2 Å². The first-order valence-corrected chi connectivity index (χ1v) is 39.2. The molecular formula is C92H64O10S2Se2. The number of thiophene rings is 2. The van der Waals surface area contributed by atoms with Crippen molar-refractivity contribution >= 4 is 115 Å². The van der Waals surface area contributed by atoms with Gasteiger partial charge in [-0.3, -0.25) is 0 Å². The van der Waals surface area contributed by atoms with Crippen molar-refractivity contribution in [3.63, 3.8) is 0 Å². The van der Waals surface area contributed by atoms with E-state index in [1.165, 1.54) is 66.9 Å². The first-order chi connectivity index (χ1) is 52.5. The number of benzene rings is 8. The van der Waals surface area contributed by atoms with Gasteiger partial charge in [0.15, 0.2) is 11.5 Å². The van der Waals surface area contributed by atoms with Crippen LogP contribution in [0.4, 0.5) is 0 Å². The minimum absolute atomic E-state index is 0.411. The third-order valence-corrected chi connectivity index (χ3v) is 22.3. The third-order valence-electron chi connectivity index (χ3n) is 16.6. The molecule has 14 heteroatoms. The predicted octanol–water partition coefficient (Wildman–Crippen LogP) is 27.9. The fourth-order valence-corrected chi connectivity index (χ4v) is 16.7. The molecular weight excluding hydrogens is 1490 g/mol. The molecule has 10 nitrogen and oxygen atoms in total. The second-order valence-corrected chi connectivity index (χ2v) is 29.4. The van der Waals surface area contributed by atoms with Crippen molar-refractivity contribution in [1.29, 1.82) is 0 Å². The average Bonchev–Trinajstić information content (AvgIpc) is 1.17. The fourth-order valence-electron chi connectivity index (χ4n) is 11.5.